The van der Waals surface area contributed by atoms with E-state index in [-0.39, 0.29) is 9.79 Å². The molecule has 2 aromatic rings. The molecule has 2 unspecified atom stereocenters. The van der Waals surface area contributed by atoms with Crippen molar-refractivity contribution in [3.8, 4) is 0 Å². The van der Waals surface area contributed by atoms with Gasteiger partial charge in [0.15, 0.2) is 0 Å². The van der Waals surface area contributed by atoms with Crippen LogP contribution in [0.2, 0.25) is 0 Å². The third-order valence-electron chi connectivity index (χ3n) is 5.64. The fraction of sp³-hybridized carbons (Fsp3) is 0.429. The lowest BCUT2D eigenvalue weighted by Gasteiger charge is -2.16. The summed E-state index contributed by atoms with van der Waals surface area (Å²) < 4.78 is 63.4. The average Bonchev–Trinajstić information content (AvgIpc) is 3.49. The molecule has 11 heteroatoms. The Bertz CT molecular complexity index is 1260. The van der Waals surface area contributed by atoms with Crippen LogP contribution in [-0.2, 0) is 30.5 Å². The van der Waals surface area contributed by atoms with E-state index in [9.17, 15) is 16.8 Å². The lowest BCUT2D eigenvalue weighted by Crippen LogP contribution is -2.25. The highest BCUT2D eigenvalue weighted by Gasteiger charge is 2.21. The van der Waals surface area contributed by atoms with Gasteiger partial charge in [-0.05, 0) is 74.2 Å². The molecule has 0 saturated carbocycles. The predicted molar refractivity (Wildman–Crippen MR) is 128 cm³/mol. The van der Waals surface area contributed by atoms with Crippen LogP contribution in [0, 0.1) is 0 Å². The summed E-state index contributed by atoms with van der Waals surface area (Å²) in [6.45, 7) is 3.08. The van der Waals surface area contributed by atoms with Crippen molar-refractivity contribution in [3.63, 3.8) is 0 Å². The third-order valence-corrected chi connectivity index (χ3v) is 10.6. The largest absolute Gasteiger partial charge is 0.236 e. The molecule has 0 bridgehead atoms. The van der Waals surface area contributed by atoms with Gasteiger partial charge in [0, 0.05) is 32.4 Å². The SMILES string of the molecule is CS(=O)(=Nc1ccc(S(=O)(=O)c2ccc(/N=[SH](=O)\N3CCCC3)cc2)cc1)N1CCCC1. The van der Waals surface area contributed by atoms with Crippen LogP contribution in [0.25, 0.3) is 0 Å². The number of nitrogens with zero attached hydrogens (tertiary/aromatic N) is 4. The van der Waals surface area contributed by atoms with Crippen molar-refractivity contribution in [3.05, 3.63) is 48.5 Å². The summed E-state index contributed by atoms with van der Waals surface area (Å²) in [4.78, 5) is 0.266. The minimum absolute atomic E-state index is 0.132. The first-order valence-corrected chi connectivity index (χ1v) is 15.1. The van der Waals surface area contributed by atoms with E-state index in [1.807, 2.05) is 8.61 Å². The molecule has 0 radical (unpaired) electrons. The first-order chi connectivity index (χ1) is 15.3. The number of rotatable bonds is 6. The van der Waals surface area contributed by atoms with Crippen molar-refractivity contribution >= 4 is 41.9 Å². The van der Waals surface area contributed by atoms with Gasteiger partial charge in [-0.15, -0.1) is 0 Å². The summed E-state index contributed by atoms with van der Waals surface area (Å²) in [5.74, 6) is 0. The number of sulfone groups is 1. The van der Waals surface area contributed by atoms with E-state index in [4.69, 9.17) is 0 Å². The second-order valence-corrected chi connectivity index (χ2v) is 13.4. The van der Waals surface area contributed by atoms with Crippen LogP contribution in [0.3, 0.4) is 0 Å². The van der Waals surface area contributed by atoms with Gasteiger partial charge in [0.25, 0.3) is 0 Å². The molecule has 2 aromatic carbocycles. The zero-order valence-electron chi connectivity index (χ0n) is 18.0. The summed E-state index contributed by atoms with van der Waals surface area (Å²) in [5.41, 5.74) is 0.981. The first kappa shape index (κ1) is 23.4. The molecule has 32 heavy (non-hydrogen) atoms. The van der Waals surface area contributed by atoms with Crippen LogP contribution >= 0.6 is 0 Å². The minimum atomic E-state index is -3.72. The molecule has 0 aromatic heterocycles. The van der Waals surface area contributed by atoms with E-state index >= 15 is 0 Å². The zero-order valence-corrected chi connectivity index (χ0v) is 20.5. The molecule has 2 aliphatic heterocycles. The van der Waals surface area contributed by atoms with E-state index in [0.717, 1.165) is 51.9 Å². The van der Waals surface area contributed by atoms with Gasteiger partial charge in [-0.3, -0.25) is 0 Å². The molecular formula is C21H28N4O4S3. The van der Waals surface area contributed by atoms with Gasteiger partial charge in [0.1, 0.15) is 20.7 Å². The van der Waals surface area contributed by atoms with Crippen LogP contribution in [0.5, 0.6) is 0 Å². The standard InChI is InChI=1S/C21H28N4O4S3/c1-31(27,25-16-4-5-17-25)23-19-8-12-21(13-9-19)32(28,29)20-10-6-18(7-11-20)22-30(26)24-14-2-3-15-24/h6-13,30H,2-5,14-17H2,1H3. The Hall–Kier alpha value is -1.79. The smallest absolute Gasteiger partial charge is 0.206 e. The average molecular weight is 497 g/mol. The Kier molecular flexibility index (Phi) is 7.01. The number of hydrogen-bond donors (Lipinski definition) is 1. The van der Waals surface area contributed by atoms with Crippen molar-refractivity contribution in [2.24, 2.45) is 8.73 Å². The Morgan fingerprint density at radius 2 is 1.22 bits per heavy atom. The molecule has 174 valence electrons. The monoisotopic (exact) mass is 496 g/mol. The summed E-state index contributed by atoms with van der Waals surface area (Å²) in [7, 11) is -8.08. The maximum absolute atomic E-state index is 13.0. The molecule has 4 rings (SSSR count). The zero-order chi connectivity index (χ0) is 22.8. The Morgan fingerprint density at radius 3 is 1.75 bits per heavy atom. The maximum atomic E-state index is 13.0. The van der Waals surface area contributed by atoms with Crippen LogP contribution in [0.4, 0.5) is 11.4 Å². The molecule has 2 aliphatic rings. The van der Waals surface area contributed by atoms with Gasteiger partial charge < -0.3 is 0 Å². The van der Waals surface area contributed by atoms with Crippen LogP contribution in [0.1, 0.15) is 25.7 Å². The minimum Gasteiger partial charge on any atom is -0.236 e. The van der Waals surface area contributed by atoms with Crippen LogP contribution in [0.15, 0.2) is 67.0 Å². The number of thiol groups is 1. The number of benzene rings is 2. The third kappa shape index (κ3) is 5.23. The quantitative estimate of drug-likeness (QED) is 0.618. The summed E-state index contributed by atoms with van der Waals surface area (Å²) >= 11 is 0. The summed E-state index contributed by atoms with van der Waals surface area (Å²) in [6.07, 6.45) is 5.69. The molecule has 0 amide bonds. The van der Waals surface area contributed by atoms with E-state index in [0.29, 0.717) is 11.4 Å². The molecule has 2 fully saturated rings. The highest BCUT2D eigenvalue weighted by Crippen LogP contribution is 2.27. The van der Waals surface area contributed by atoms with Crippen molar-refractivity contribution in [2.75, 3.05) is 32.4 Å². The Labute approximate surface area is 192 Å². The molecule has 0 N–H and O–H groups in total. The Balaban J connectivity index is 1.52. The van der Waals surface area contributed by atoms with E-state index in [2.05, 4.69) is 8.73 Å². The molecule has 2 heterocycles. The fourth-order valence-electron chi connectivity index (χ4n) is 3.83. The number of hydrogen-bond acceptors (Lipinski definition) is 6. The van der Waals surface area contributed by atoms with Gasteiger partial charge in [0.05, 0.1) is 21.2 Å². The van der Waals surface area contributed by atoms with Gasteiger partial charge in [-0.25, -0.2) is 25.4 Å². The maximum Gasteiger partial charge on any atom is 0.206 e. The van der Waals surface area contributed by atoms with Gasteiger partial charge in [-0.2, -0.15) is 8.73 Å². The normalized spacial score (nSPS) is 20.9. The molecule has 2 saturated heterocycles. The van der Waals surface area contributed by atoms with Crippen LogP contribution < -0.4 is 0 Å². The highest BCUT2D eigenvalue weighted by atomic mass is 32.2. The highest BCUT2D eigenvalue weighted by molar-refractivity contribution is 7.91. The van der Waals surface area contributed by atoms with Gasteiger partial charge >= 0.3 is 0 Å². The van der Waals surface area contributed by atoms with Crippen molar-refractivity contribution in [2.45, 2.75) is 35.5 Å². The summed E-state index contributed by atoms with van der Waals surface area (Å²) in [5, 5.41) is 0. The van der Waals surface area contributed by atoms with E-state index in [1.165, 1.54) is 24.3 Å². The van der Waals surface area contributed by atoms with Crippen LogP contribution in [-0.4, -0.2) is 57.9 Å². The van der Waals surface area contributed by atoms with Crippen molar-refractivity contribution < 1.29 is 16.8 Å². The van der Waals surface area contributed by atoms with E-state index < -0.39 is 30.5 Å². The first-order valence-electron chi connectivity index (χ1n) is 10.6. The lowest BCUT2D eigenvalue weighted by molar-refractivity contribution is 0.532. The molecule has 0 aliphatic carbocycles. The van der Waals surface area contributed by atoms with Crippen molar-refractivity contribution in [1.82, 2.24) is 8.61 Å². The molecule has 8 nitrogen and oxygen atoms in total. The molecular weight excluding hydrogens is 468 g/mol. The fourth-order valence-corrected chi connectivity index (χ4v) is 7.74. The Morgan fingerprint density at radius 1 is 0.750 bits per heavy atom. The summed E-state index contributed by atoms with van der Waals surface area (Å²) in [6, 6.07) is 12.2. The van der Waals surface area contributed by atoms with Crippen molar-refractivity contribution in [1.29, 1.82) is 0 Å². The predicted octanol–water partition coefficient (Wildman–Crippen LogP) is 3.57. The topological polar surface area (TPSA) is 99.5 Å². The van der Waals surface area contributed by atoms with Gasteiger partial charge in [0.2, 0.25) is 9.84 Å². The second kappa shape index (κ2) is 9.60. The lowest BCUT2D eigenvalue weighted by atomic mass is 10.3. The second-order valence-electron chi connectivity index (χ2n) is 7.99. The van der Waals surface area contributed by atoms with E-state index in [1.54, 1.807) is 30.5 Å². The van der Waals surface area contributed by atoms with Gasteiger partial charge in [-0.1, -0.05) is 0 Å². The molecule has 0 spiro atoms. The molecule has 2 atom stereocenters.